The molecule has 0 amide bonds. The maximum Gasteiger partial charge on any atom is 0.0979 e. The van der Waals surface area contributed by atoms with Crippen molar-refractivity contribution >= 4 is 170 Å². The topological polar surface area (TPSA) is 25.8 Å². The van der Waals surface area contributed by atoms with Crippen LogP contribution in [0.4, 0.5) is 0 Å². The maximum absolute atomic E-state index is 5.58. The number of rotatable bonds is 7. The van der Waals surface area contributed by atoms with E-state index in [1.165, 1.54) is 120 Å². The van der Waals surface area contributed by atoms with Crippen molar-refractivity contribution in [2.45, 2.75) is 5.92 Å². The van der Waals surface area contributed by atoms with Gasteiger partial charge in [0.15, 0.2) is 0 Å². The van der Waals surface area contributed by atoms with E-state index in [1.54, 1.807) is 0 Å². The van der Waals surface area contributed by atoms with Gasteiger partial charge >= 0.3 is 0 Å². The molecule has 2 nitrogen and oxygen atoms in total. The van der Waals surface area contributed by atoms with Crippen LogP contribution in [-0.2, 0) is 0 Å². The summed E-state index contributed by atoms with van der Waals surface area (Å²) in [6.07, 6.45) is 6.96. The highest BCUT2D eigenvalue weighted by Gasteiger charge is 2.29. The largest absolute Gasteiger partial charge is 0.252 e. The molecule has 1 aliphatic carbocycles. The number of fused-ring (bicyclic) bond motifs is 18. The number of aromatic nitrogens is 2. The summed E-state index contributed by atoms with van der Waals surface area (Å²) in [5.74, 6) is -0.0872. The highest BCUT2D eigenvalue weighted by molar-refractivity contribution is 7.27. The zero-order chi connectivity index (χ0) is 58.4. The zero-order valence-electron chi connectivity index (χ0n) is 47.8. The molecule has 1 atom stereocenters. The Morgan fingerprint density at radius 1 is 0.315 bits per heavy atom. The summed E-state index contributed by atoms with van der Waals surface area (Å²) in [6.45, 7) is 5.07. The summed E-state index contributed by atoms with van der Waals surface area (Å²) in [5, 5.41) is 14.8. The van der Waals surface area contributed by atoms with E-state index in [0.717, 1.165) is 71.7 Å². The lowest BCUT2D eigenvalue weighted by atomic mass is 9.77. The van der Waals surface area contributed by atoms with Crippen LogP contribution in [0.5, 0.6) is 0 Å². The van der Waals surface area contributed by atoms with Gasteiger partial charge in [0, 0.05) is 103 Å². The van der Waals surface area contributed by atoms with Crippen molar-refractivity contribution in [2.75, 3.05) is 0 Å². The molecule has 5 aromatic heterocycles. The first-order valence-electron chi connectivity index (χ1n) is 30.1. The average molecular weight is 1200 g/mol. The van der Waals surface area contributed by atoms with E-state index in [4.69, 9.17) is 16.5 Å². The van der Waals surface area contributed by atoms with Gasteiger partial charge in [0.25, 0.3) is 0 Å². The fraction of sp³-hybridized carbons (Fsp3) is 0.0120. The van der Waals surface area contributed by atoms with Crippen LogP contribution in [0, 0.1) is 0 Å². The Bertz CT molecular complexity index is 6160. The molecule has 1 aliphatic rings. The van der Waals surface area contributed by atoms with Crippen LogP contribution in [0.25, 0.3) is 169 Å². The fourth-order valence-electron chi connectivity index (χ4n) is 14.3. The first-order valence-corrected chi connectivity index (χ1v) is 33.4. The molecule has 19 rings (SSSR count). The summed E-state index contributed by atoms with van der Waals surface area (Å²) in [5.41, 5.74) is 17.9. The van der Waals surface area contributed by atoms with Gasteiger partial charge in [0.2, 0.25) is 0 Å². The second-order valence-electron chi connectivity index (χ2n) is 23.5. The van der Waals surface area contributed by atoms with E-state index < -0.39 is 0 Å². The molecule has 6 heteroatoms. The van der Waals surface area contributed by atoms with Gasteiger partial charge in [-0.3, -0.25) is 4.98 Å². The number of hydrogen-bond acceptors (Lipinski definition) is 6. The molecule has 0 aliphatic heterocycles. The summed E-state index contributed by atoms with van der Waals surface area (Å²) < 4.78 is 10.4. The SMILES string of the molecule is C=C1C(c2cccc3c2sc2ccccc23)=CC(c2cc(-c3ccc4c5ccccc5c5nc(-c6cccc(-c7cccc(-c8cccc9c8sc8ccccc89)c7)c6)cnc5c4c3)cc3c2sc2ccccc23)=CC1c1cccc2c1sc1ccccc12. The van der Waals surface area contributed by atoms with E-state index in [9.17, 15) is 0 Å². The lowest BCUT2D eigenvalue weighted by Crippen LogP contribution is -2.07. The summed E-state index contributed by atoms with van der Waals surface area (Å²) in [7, 11) is 0. The third kappa shape index (κ3) is 7.98. The summed E-state index contributed by atoms with van der Waals surface area (Å²) >= 11 is 7.54. The van der Waals surface area contributed by atoms with E-state index in [1.807, 2.05) is 51.5 Å². The van der Waals surface area contributed by atoms with Gasteiger partial charge in [-0.05, 0) is 138 Å². The second-order valence-corrected chi connectivity index (χ2v) is 27.7. The number of hydrogen-bond donors (Lipinski definition) is 0. The molecule has 0 N–H and O–H groups in total. The predicted molar refractivity (Wildman–Crippen MR) is 389 cm³/mol. The van der Waals surface area contributed by atoms with Crippen LogP contribution in [0.1, 0.15) is 22.6 Å². The third-order valence-electron chi connectivity index (χ3n) is 18.5. The zero-order valence-corrected chi connectivity index (χ0v) is 51.1. The first-order chi connectivity index (χ1) is 44.0. The van der Waals surface area contributed by atoms with E-state index in [0.29, 0.717) is 0 Å². The summed E-state index contributed by atoms with van der Waals surface area (Å²) in [6, 6.07) is 94.1. The highest BCUT2D eigenvalue weighted by atomic mass is 32.1. The lowest BCUT2D eigenvalue weighted by molar-refractivity contribution is 1.05. The molecule has 0 spiro atoms. The molecule has 1 unspecified atom stereocenters. The van der Waals surface area contributed by atoms with Crippen LogP contribution in [0.3, 0.4) is 0 Å². The molecule has 13 aromatic carbocycles. The number of allylic oxidation sites excluding steroid dienone is 5. The average Bonchev–Trinajstić information content (AvgIpc) is 2.58. The van der Waals surface area contributed by atoms with Gasteiger partial charge in [-0.15, -0.1) is 45.3 Å². The van der Waals surface area contributed by atoms with Crippen molar-refractivity contribution in [1.82, 2.24) is 9.97 Å². The Labute approximate surface area is 528 Å². The Kier molecular flexibility index (Phi) is 11.4. The molecule has 414 valence electrons. The molecule has 0 saturated heterocycles. The van der Waals surface area contributed by atoms with Crippen LogP contribution in [-0.4, -0.2) is 9.97 Å². The van der Waals surface area contributed by atoms with Crippen LogP contribution in [0.2, 0.25) is 0 Å². The standard InChI is InChI=1S/C83H48N2S4/c1-47-68(66-31-15-29-64-59-23-5-9-34-75(59)87-81(64)66)44-54(45-69(47)67-32-16-30-65-60-24-6-10-35-76(60)88-82(65)67)70-42-53(43-72-61-25-7-11-36-77(61)89-83(70)72)50-37-38-57-56-21-2-3-26-62(56)79-78(71(57)41-50)84-46-73(85-79)52-20-13-18-49(40-52)48-17-12-19-51(39-48)55-27-14-28-63-58-22-4-8-33-74(58)86-80(55)63/h2-46,68H,1H2. The van der Waals surface area contributed by atoms with E-state index in [2.05, 4.69) is 267 Å². The molecule has 18 aromatic rings. The minimum atomic E-state index is -0.0872. The predicted octanol–water partition coefficient (Wildman–Crippen LogP) is 24.9. The maximum atomic E-state index is 5.58. The minimum Gasteiger partial charge on any atom is -0.252 e. The summed E-state index contributed by atoms with van der Waals surface area (Å²) in [4.78, 5) is 11.0. The van der Waals surface area contributed by atoms with Gasteiger partial charge < -0.3 is 0 Å². The van der Waals surface area contributed by atoms with Crippen LogP contribution in [0.15, 0.2) is 285 Å². The van der Waals surface area contributed by atoms with E-state index in [-0.39, 0.29) is 5.92 Å². The van der Waals surface area contributed by atoms with Gasteiger partial charge in [-0.2, -0.15) is 0 Å². The lowest BCUT2D eigenvalue weighted by Gasteiger charge is -2.27. The molecule has 0 saturated carbocycles. The second kappa shape index (κ2) is 19.9. The van der Waals surface area contributed by atoms with Crippen molar-refractivity contribution in [1.29, 1.82) is 0 Å². The van der Waals surface area contributed by atoms with Crippen molar-refractivity contribution in [3.05, 3.63) is 302 Å². The van der Waals surface area contributed by atoms with Gasteiger partial charge in [0.1, 0.15) is 0 Å². The van der Waals surface area contributed by atoms with E-state index >= 15 is 0 Å². The van der Waals surface area contributed by atoms with Crippen LogP contribution < -0.4 is 0 Å². The third-order valence-corrected chi connectivity index (χ3v) is 23.4. The van der Waals surface area contributed by atoms with Gasteiger partial charge in [-0.1, -0.05) is 213 Å². The number of benzene rings is 13. The van der Waals surface area contributed by atoms with Gasteiger partial charge in [0.05, 0.1) is 22.9 Å². The molecular weight excluding hydrogens is 1150 g/mol. The van der Waals surface area contributed by atoms with Crippen LogP contribution >= 0.6 is 45.3 Å². The first kappa shape index (κ1) is 50.9. The molecule has 0 fully saturated rings. The fourth-order valence-corrected chi connectivity index (χ4v) is 19.3. The smallest absolute Gasteiger partial charge is 0.0979 e. The monoisotopic (exact) mass is 1200 g/mol. The Hall–Kier alpha value is -10.2. The normalized spacial score (nSPS) is 13.9. The molecule has 89 heavy (non-hydrogen) atoms. The highest BCUT2D eigenvalue weighted by Crippen LogP contribution is 2.52. The minimum absolute atomic E-state index is 0.0872. The number of nitrogens with zero attached hydrogens (tertiary/aromatic N) is 2. The molecule has 0 radical (unpaired) electrons. The number of thiophene rings is 4. The van der Waals surface area contributed by atoms with Gasteiger partial charge in [-0.25, -0.2) is 4.98 Å². The van der Waals surface area contributed by atoms with Crippen molar-refractivity contribution < 1.29 is 0 Å². The Morgan fingerprint density at radius 3 is 1.46 bits per heavy atom. The van der Waals surface area contributed by atoms with Crippen molar-refractivity contribution in [2.24, 2.45) is 0 Å². The van der Waals surface area contributed by atoms with Crippen molar-refractivity contribution in [3.8, 4) is 44.6 Å². The molecular formula is C83H48N2S4. The van der Waals surface area contributed by atoms with Crippen molar-refractivity contribution in [3.63, 3.8) is 0 Å². The molecule has 0 bridgehead atoms. The Morgan fingerprint density at radius 2 is 0.787 bits per heavy atom. The Balaban J connectivity index is 0.770. The molecule has 5 heterocycles. The quantitative estimate of drug-likeness (QED) is 0.149.